The van der Waals surface area contributed by atoms with Crippen molar-refractivity contribution in [3.8, 4) is 11.5 Å². The topological polar surface area (TPSA) is 103 Å². The third-order valence-corrected chi connectivity index (χ3v) is 3.47. The molecule has 0 radical (unpaired) electrons. The second kappa shape index (κ2) is 7.65. The summed E-state index contributed by atoms with van der Waals surface area (Å²) < 4.78 is 10.4. The van der Waals surface area contributed by atoms with Crippen molar-refractivity contribution < 1.29 is 19.1 Å². The number of nitrogens with two attached hydrogens (primary N) is 1. The summed E-state index contributed by atoms with van der Waals surface area (Å²) in [4.78, 5) is 23.0. The first-order valence-electron chi connectivity index (χ1n) is 7.21. The van der Waals surface area contributed by atoms with E-state index in [0.717, 1.165) is 19.4 Å². The van der Waals surface area contributed by atoms with E-state index in [-0.39, 0.29) is 18.4 Å². The quantitative estimate of drug-likeness (QED) is 0.710. The van der Waals surface area contributed by atoms with Crippen molar-refractivity contribution in [2.75, 3.05) is 32.1 Å². The Morgan fingerprint density at radius 3 is 2.86 bits per heavy atom. The van der Waals surface area contributed by atoms with Crippen LogP contribution in [0, 0.1) is 5.92 Å². The Bertz CT molecular complexity index is 542. The molecule has 1 aliphatic rings. The van der Waals surface area contributed by atoms with Crippen LogP contribution in [0.1, 0.15) is 12.8 Å². The summed E-state index contributed by atoms with van der Waals surface area (Å²) in [5, 5.41) is 6.07. The number of primary amides is 1. The maximum atomic E-state index is 12.2. The van der Waals surface area contributed by atoms with Gasteiger partial charge in [-0.2, -0.15) is 0 Å². The molecule has 1 unspecified atom stereocenters. The Kier molecular flexibility index (Phi) is 5.60. The first-order chi connectivity index (χ1) is 10.6. The monoisotopic (exact) mass is 307 g/mol. The van der Waals surface area contributed by atoms with E-state index < -0.39 is 5.91 Å². The number of piperidine rings is 1. The minimum atomic E-state index is -0.579. The summed E-state index contributed by atoms with van der Waals surface area (Å²) in [7, 11) is 1.50. The van der Waals surface area contributed by atoms with Gasteiger partial charge < -0.3 is 25.8 Å². The second-order valence-corrected chi connectivity index (χ2v) is 5.15. The molecule has 1 aliphatic heterocycles. The van der Waals surface area contributed by atoms with Crippen molar-refractivity contribution >= 4 is 17.5 Å². The zero-order valence-electron chi connectivity index (χ0n) is 12.6. The van der Waals surface area contributed by atoms with Crippen molar-refractivity contribution in [3.05, 3.63) is 18.2 Å². The van der Waals surface area contributed by atoms with Crippen LogP contribution in [-0.2, 0) is 9.59 Å². The van der Waals surface area contributed by atoms with Gasteiger partial charge in [0.1, 0.15) is 0 Å². The normalized spacial score (nSPS) is 17.6. The van der Waals surface area contributed by atoms with E-state index in [4.69, 9.17) is 15.2 Å². The first kappa shape index (κ1) is 16.1. The van der Waals surface area contributed by atoms with Crippen molar-refractivity contribution in [2.45, 2.75) is 12.8 Å². The summed E-state index contributed by atoms with van der Waals surface area (Å²) in [6.07, 6.45) is 1.87. The minimum absolute atomic E-state index is 0.0294. The average Bonchev–Trinajstić information content (AvgIpc) is 2.54. The van der Waals surface area contributed by atoms with Gasteiger partial charge in [0.15, 0.2) is 18.1 Å². The van der Waals surface area contributed by atoms with Gasteiger partial charge in [0.05, 0.1) is 13.0 Å². The van der Waals surface area contributed by atoms with E-state index in [1.165, 1.54) is 7.11 Å². The molecule has 7 heteroatoms. The molecule has 22 heavy (non-hydrogen) atoms. The molecule has 1 atom stereocenters. The molecule has 0 spiro atoms. The molecule has 1 saturated heterocycles. The molecule has 2 rings (SSSR count). The van der Waals surface area contributed by atoms with Crippen LogP contribution < -0.4 is 25.8 Å². The van der Waals surface area contributed by atoms with Crippen molar-refractivity contribution in [2.24, 2.45) is 11.7 Å². The Labute approximate surface area is 129 Å². The van der Waals surface area contributed by atoms with Crippen molar-refractivity contribution in [1.82, 2.24) is 5.32 Å². The van der Waals surface area contributed by atoms with Gasteiger partial charge in [0, 0.05) is 18.3 Å². The number of hydrogen-bond donors (Lipinski definition) is 3. The molecular weight excluding hydrogens is 286 g/mol. The fourth-order valence-electron chi connectivity index (χ4n) is 2.34. The summed E-state index contributed by atoms with van der Waals surface area (Å²) in [5.74, 6) is 0.188. The Balaban J connectivity index is 2.05. The number of carbonyl (C=O) groups excluding carboxylic acids is 2. The molecule has 2 amide bonds. The molecule has 0 aliphatic carbocycles. The Morgan fingerprint density at radius 2 is 2.23 bits per heavy atom. The largest absolute Gasteiger partial charge is 0.493 e. The molecule has 7 nitrogen and oxygen atoms in total. The molecule has 0 bridgehead atoms. The highest BCUT2D eigenvalue weighted by atomic mass is 16.5. The molecule has 1 heterocycles. The third kappa shape index (κ3) is 4.36. The number of anilines is 1. The maximum Gasteiger partial charge on any atom is 0.255 e. The van der Waals surface area contributed by atoms with Gasteiger partial charge >= 0.3 is 0 Å². The molecule has 1 aromatic rings. The minimum Gasteiger partial charge on any atom is -0.493 e. The van der Waals surface area contributed by atoms with Crippen LogP contribution in [0.15, 0.2) is 18.2 Å². The van der Waals surface area contributed by atoms with Gasteiger partial charge in [0.2, 0.25) is 5.91 Å². The molecular formula is C15H21N3O4. The number of carbonyl (C=O) groups is 2. The molecule has 0 saturated carbocycles. The highest BCUT2D eigenvalue weighted by Gasteiger charge is 2.21. The van der Waals surface area contributed by atoms with Crippen LogP contribution in [0.4, 0.5) is 5.69 Å². The Hall–Kier alpha value is -2.28. The number of nitrogens with one attached hydrogen (secondary N) is 2. The zero-order chi connectivity index (χ0) is 15.9. The van der Waals surface area contributed by atoms with Crippen LogP contribution in [-0.4, -0.2) is 38.6 Å². The lowest BCUT2D eigenvalue weighted by molar-refractivity contribution is -0.121. The standard InChI is InChI=1S/C15H21N3O4/c1-21-12-5-4-11(7-13(12)22-9-14(16)19)18-15(20)10-3-2-6-17-8-10/h4-5,7,10,17H,2-3,6,8-9H2,1H3,(H2,16,19)(H,18,20). The number of hydrogen-bond acceptors (Lipinski definition) is 5. The summed E-state index contributed by atoms with van der Waals surface area (Å²) in [5.41, 5.74) is 5.66. The highest BCUT2D eigenvalue weighted by Crippen LogP contribution is 2.30. The van der Waals surface area contributed by atoms with Crippen LogP contribution >= 0.6 is 0 Å². The van der Waals surface area contributed by atoms with Crippen molar-refractivity contribution in [1.29, 1.82) is 0 Å². The van der Waals surface area contributed by atoms with Gasteiger partial charge in [-0.3, -0.25) is 9.59 Å². The lowest BCUT2D eigenvalue weighted by Crippen LogP contribution is -2.37. The highest BCUT2D eigenvalue weighted by molar-refractivity contribution is 5.93. The van der Waals surface area contributed by atoms with Crippen molar-refractivity contribution in [3.63, 3.8) is 0 Å². The summed E-state index contributed by atoms with van der Waals surface area (Å²) >= 11 is 0. The summed E-state index contributed by atoms with van der Waals surface area (Å²) in [6, 6.07) is 5.02. The SMILES string of the molecule is COc1ccc(NC(=O)C2CCCNC2)cc1OCC(N)=O. The van der Waals surface area contributed by atoms with Gasteiger partial charge in [-0.25, -0.2) is 0 Å². The van der Waals surface area contributed by atoms with E-state index in [9.17, 15) is 9.59 Å². The number of methoxy groups -OCH3 is 1. The van der Waals surface area contributed by atoms with Crippen LogP contribution in [0.25, 0.3) is 0 Å². The Morgan fingerprint density at radius 1 is 1.41 bits per heavy atom. The van der Waals surface area contributed by atoms with Gasteiger partial charge in [-0.15, -0.1) is 0 Å². The second-order valence-electron chi connectivity index (χ2n) is 5.15. The van der Waals surface area contributed by atoms with E-state index >= 15 is 0 Å². The fourth-order valence-corrected chi connectivity index (χ4v) is 2.34. The average molecular weight is 307 g/mol. The summed E-state index contributed by atoms with van der Waals surface area (Å²) in [6.45, 7) is 1.39. The lowest BCUT2D eigenvalue weighted by atomic mass is 9.99. The van der Waals surface area contributed by atoms with E-state index in [2.05, 4.69) is 10.6 Å². The maximum absolute atomic E-state index is 12.2. The van der Waals surface area contributed by atoms with Crippen LogP contribution in [0.5, 0.6) is 11.5 Å². The van der Waals surface area contributed by atoms with Crippen LogP contribution in [0.2, 0.25) is 0 Å². The molecule has 1 aromatic carbocycles. The van der Waals surface area contributed by atoms with E-state index in [1.807, 2.05) is 0 Å². The van der Waals surface area contributed by atoms with Gasteiger partial charge in [-0.05, 0) is 31.5 Å². The number of ether oxygens (including phenoxy) is 2. The number of amides is 2. The van der Waals surface area contributed by atoms with E-state index in [1.54, 1.807) is 18.2 Å². The number of benzene rings is 1. The number of rotatable bonds is 6. The predicted octanol–water partition coefficient (Wildman–Crippen LogP) is 0.497. The molecule has 4 N–H and O–H groups in total. The third-order valence-electron chi connectivity index (χ3n) is 3.47. The molecule has 1 fully saturated rings. The molecule has 0 aromatic heterocycles. The predicted molar refractivity (Wildman–Crippen MR) is 81.9 cm³/mol. The van der Waals surface area contributed by atoms with Crippen LogP contribution in [0.3, 0.4) is 0 Å². The first-order valence-corrected chi connectivity index (χ1v) is 7.21. The lowest BCUT2D eigenvalue weighted by Gasteiger charge is -2.22. The molecule has 120 valence electrons. The fraction of sp³-hybridized carbons (Fsp3) is 0.467. The van der Waals surface area contributed by atoms with Gasteiger partial charge in [0.25, 0.3) is 5.91 Å². The zero-order valence-corrected chi connectivity index (χ0v) is 12.6. The van der Waals surface area contributed by atoms with E-state index in [0.29, 0.717) is 23.7 Å². The smallest absolute Gasteiger partial charge is 0.255 e. The van der Waals surface area contributed by atoms with Gasteiger partial charge in [-0.1, -0.05) is 0 Å².